The van der Waals surface area contributed by atoms with Crippen molar-refractivity contribution in [2.45, 2.75) is 76.1 Å². The Kier molecular flexibility index (Phi) is 3.44. The van der Waals surface area contributed by atoms with Gasteiger partial charge in [-0.25, -0.2) is 9.78 Å². The maximum atomic E-state index is 13.6. The number of aliphatic hydroxyl groups is 1. The molecule has 4 aliphatic heterocycles. The smallest absolute Gasteiger partial charge is 0.358 e. The van der Waals surface area contributed by atoms with Crippen LogP contribution in [0.25, 0.3) is 0 Å². The van der Waals surface area contributed by atoms with Gasteiger partial charge in [0, 0.05) is 18.3 Å². The van der Waals surface area contributed by atoms with Crippen molar-refractivity contribution in [2.24, 2.45) is 23.7 Å². The first-order chi connectivity index (χ1) is 11.0. The lowest BCUT2D eigenvalue weighted by Gasteiger charge is -2.62. The number of fused-ring (bicyclic) bond motifs is 2. The van der Waals surface area contributed by atoms with Crippen molar-refractivity contribution in [3.8, 4) is 0 Å². The van der Waals surface area contributed by atoms with Crippen LogP contribution in [-0.4, -0.2) is 34.7 Å². The Morgan fingerprint density at radius 1 is 1.00 bits per heavy atom. The van der Waals surface area contributed by atoms with E-state index < -0.39 is 41.5 Å². The van der Waals surface area contributed by atoms with E-state index in [1.807, 2.05) is 0 Å². The van der Waals surface area contributed by atoms with E-state index in [0.717, 1.165) is 12.8 Å². The van der Waals surface area contributed by atoms with Gasteiger partial charge in [-0.3, -0.25) is 0 Å². The van der Waals surface area contributed by atoms with E-state index >= 15 is 0 Å². The number of halogens is 3. The van der Waals surface area contributed by atoms with E-state index in [1.165, 1.54) is 6.92 Å². The quantitative estimate of drug-likeness (QED) is 0.679. The molecule has 4 heterocycles. The lowest BCUT2D eigenvalue weighted by Crippen LogP contribution is -2.75. The van der Waals surface area contributed by atoms with Crippen LogP contribution in [0.3, 0.4) is 0 Å². The summed E-state index contributed by atoms with van der Waals surface area (Å²) in [4.78, 5) is 11.3. The summed E-state index contributed by atoms with van der Waals surface area (Å²) >= 11 is 0. The summed E-state index contributed by atoms with van der Waals surface area (Å²) in [5.74, 6) is -5.94. The lowest BCUT2D eigenvalue weighted by molar-refractivity contribution is -0.597. The molecule has 5 nitrogen and oxygen atoms in total. The van der Waals surface area contributed by atoms with Gasteiger partial charge in [0.2, 0.25) is 5.79 Å². The zero-order valence-electron chi connectivity index (χ0n) is 13.9. The minimum Gasteiger partial charge on any atom is -0.358 e. The number of ether oxygens (including phenoxy) is 2. The monoisotopic (exact) mass is 352 g/mol. The predicted molar refractivity (Wildman–Crippen MR) is 74.0 cm³/mol. The van der Waals surface area contributed by atoms with Gasteiger partial charge in [0.25, 0.3) is 5.79 Å². The molecular weight excluding hydrogens is 329 g/mol. The maximum absolute atomic E-state index is 13.6. The van der Waals surface area contributed by atoms with Crippen LogP contribution in [0.4, 0.5) is 13.2 Å². The van der Waals surface area contributed by atoms with Crippen molar-refractivity contribution < 1.29 is 37.5 Å². The molecular formula is C16H23F3O5. The van der Waals surface area contributed by atoms with Crippen molar-refractivity contribution in [1.29, 1.82) is 0 Å². The molecule has 4 saturated heterocycles. The minimum absolute atomic E-state index is 0.0363. The molecule has 5 aliphatic rings. The minimum atomic E-state index is -4.91. The Hall–Kier alpha value is -0.410. The third-order valence-electron chi connectivity index (χ3n) is 6.69. The van der Waals surface area contributed by atoms with Gasteiger partial charge in [0.05, 0.1) is 0 Å². The van der Waals surface area contributed by atoms with Gasteiger partial charge in [-0.1, -0.05) is 13.8 Å². The molecule has 138 valence electrons. The second kappa shape index (κ2) is 4.85. The van der Waals surface area contributed by atoms with Gasteiger partial charge >= 0.3 is 6.18 Å². The van der Waals surface area contributed by atoms with E-state index in [1.54, 1.807) is 6.92 Å². The van der Waals surface area contributed by atoms with E-state index in [4.69, 9.17) is 19.2 Å². The summed E-state index contributed by atoms with van der Waals surface area (Å²) < 4.78 is 51.7. The van der Waals surface area contributed by atoms with Crippen molar-refractivity contribution in [3.05, 3.63) is 0 Å². The summed E-state index contributed by atoms with van der Waals surface area (Å²) in [5, 5.41) is 10.4. The van der Waals surface area contributed by atoms with Crippen LogP contribution in [-0.2, 0) is 19.2 Å². The van der Waals surface area contributed by atoms with Crippen molar-refractivity contribution >= 4 is 0 Å². The first-order valence-electron chi connectivity index (χ1n) is 8.55. The molecule has 0 aromatic rings. The maximum Gasteiger partial charge on any atom is 0.443 e. The standard InChI is InChI=1S/C16H23F3O5/c1-8-4-5-11-9(2)15(20,16(17,18)19)22-12-14(11)10(8)6-7-13(3,21-12)23-24-14/h8-12,20H,4-7H2,1-3H3/t8-,9-,10+,11+,12+,13+,14?,15-/m1/s1. The Labute approximate surface area is 138 Å². The van der Waals surface area contributed by atoms with Crippen LogP contribution in [0, 0.1) is 23.7 Å². The fourth-order valence-electron chi connectivity index (χ4n) is 5.25. The Morgan fingerprint density at radius 3 is 2.38 bits per heavy atom. The highest BCUT2D eigenvalue weighted by atomic mass is 19.4. The van der Waals surface area contributed by atoms with Crippen molar-refractivity contribution in [1.82, 2.24) is 0 Å². The molecule has 5 fully saturated rings. The topological polar surface area (TPSA) is 57.2 Å². The zero-order chi connectivity index (χ0) is 17.5. The summed E-state index contributed by atoms with van der Waals surface area (Å²) in [6, 6.07) is 0. The summed E-state index contributed by atoms with van der Waals surface area (Å²) in [5.41, 5.74) is -1.11. The lowest BCUT2D eigenvalue weighted by atomic mass is 9.57. The molecule has 1 spiro atoms. The van der Waals surface area contributed by atoms with Crippen LogP contribution < -0.4 is 0 Å². The molecule has 0 amide bonds. The number of hydrogen-bond acceptors (Lipinski definition) is 5. The summed E-state index contributed by atoms with van der Waals surface area (Å²) in [6.45, 7) is 5.08. The molecule has 0 aromatic carbocycles. The molecule has 8 atom stereocenters. The average molecular weight is 352 g/mol. The van der Waals surface area contributed by atoms with Crippen LogP contribution in [0.15, 0.2) is 0 Å². The Morgan fingerprint density at radius 2 is 1.71 bits per heavy atom. The number of alkyl halides is 3. The van der Waals surface area contributed by atoms with Crippen LogP contribution in [0.2, 0.25) is 0 Å². The van der Waals surface area contributed by atoms with Crippen LogP contribution >= 0.6 is 0 Å². The second-order valence-corrected chi connectivity index (χ2v) is 8.01. The molecule has 1 N–H and O–H groups in total. The fourth-order valence-corrected chi connectivity index (χ4v) is 5.25. The molecule has 24 heavy (non-hydrogen) atoms. The third kappa shape index (κ3) is 1.95. The average Bonchev–Trinajstić information content (AvgIpc) is 2.70. The van der Waals surface area contributed by atoms with Gasteiger partial charge in [-0.05, 0) is 38.0 Å². The number of hydrogen-bond donors (Lipinski definition) is 1. The van der Waals surface area contributed by atoms with Gasteiger partial charge in [0.15, 0.2) is 11.9 Å². The highest BCUT2D eigenvalue weighted by molar-refractivity contribution is 5.12. The highest BCUT2D eigenvalue weighted by Gasteiger charge is 2.76. The number of rotatable bonds is 0. The molecule has 8 heteroatoms. The van der Waals surface area contributed by atoms with E-state index in [0.29, 0.717) is 12.8 Å². The summed E-state index contributed by atoms with van der Waals surface area (Å²) in [6.07, 6.45) is -3.70. The SMILES string of the molecule is C[C@@H]1CC[C@H]2[C@@H](C)[C@](O)(C(F)(F)F)O[C@@H]3O[C@]4(C)CC[C@@H]1C32OO4. The zero-order valence-corrected chi connectivity index (χ0v) is 13.9. The molecule has 0 radical (unpaired) electrons. The van der Waals surface area contributed by atoms with Gasteiger partial charge < -0.3 is 14.6 Å². The summed E-state index contributed by atoms with van der Waals surface area (Å²) in [7, 11) is 0. The second-order valence-electron chi connectivity index (χ2n) is 8.01. The van der Waals surface area contributed by atoms with Crippen molar-refractivity contribution in [2.75, 3.05) is 0 Å². The fraction of sp³-hybridized carbons (Fsp3) is 1.00. The van der Waals surface area contributed by atoms with Gasteiger partial charge in [0.1, 0.15) is 0 Å². The van der Waals surface area contributed by atoms with E-state index in [9.17, 15) is 18.3 Å². The Balaban J connectivity index is 1.84. The van der Waals surface area contributed by atoms with Crippen molar-refractivity contribution in [3.63, 3.8) is 0 Å². The normalized spacial score (nSPS) is 57.4. The molecule has 5 rings (SSSR count). The molecule has 1 aliphatic carbocycles. The Bertz CT molecular complexity index is 542. The molecule has 1 saturated carbocycles. The van der Waals surface area contributed by atoms with E-state index in [-0.39, 0.29) is 11.8 Å². The third-order valence-corrected chi connectivity index (χ3v) is 6.69. The highest BCUT2D eigenvalue weighted by Crippen LogP contribution is 2.63. The van der Waals surface area contributed by atoms with Gasteiger partial charge in [-0.15, -0.1) is 0 Å². The molecule has 0 aromatic heterocycles. The van der Waals surface area contributed by atoms with Gasteiger partial charge in [-0.2, -0.15) is 13.2 Å². The largest absolute Gasteiger partial charge is 0.443 e. The first-order valence-corrected chi connectivity index (χ1v) is 8.55. The first kappa shape index (κ1) is 17.0. The molecule has 2 bridgehead atoms. The van der Waals surface area contributed by atoms with E-state index in [2.05, 4.69) is 6.92 Å². The predicted octanol–water partition coefficient (Wildman–Crippen LogP) is 3.12. The van der Waals surface area contributed by atoms with Crippen LogP contribution in [0.5, 0.6) is 0 Å². The van der Waals surface area contributed by atoms with Crippen LogP contribution in [0.1, 0.15) is 46.5 Å². The molecule has 1 unspecified atom stereocenters.